The fourth-order valence-electron chi connectivity index (χ4n) is 1.46. The van der Waals surface area contributed by atoms with E-state index < -0.39 is 17.6 Å². The van der Waals surface area contributed by atoms with Crippen LogP contribution in [0, 0.1) is 11.6 Å². The second kappa shape index (κ2) is 4.79. The summed E-state index contributed by atoms with van der Waals surface area (Å²) in [4.78, 5) is 14.7. The van der Waals surface area contributed by atoms with Crippen molar-refractivity contribution in [1.82, 2.24) is 4.98 Å². The van der Waals surface area contributed by atoms with E-state index in [9.17, 15) is 13.6 Å². The summed E-state index contributed by atoms with van der Waals surface area (Å²) >= 11 is 0. The second-order valence-electron chi connectivity index (χ2n) is 3.51. The third-order valence-electron chi connectivity index (χ3n) is 2.19. The molecule has 0 radical (unpaired) electrons. The average Bonchev–Trinajstić information content (AvgIpc) is 2.27. The van der Waals surface area contributed by atoms with Gasteiger partial charge in [-0.3, -0.25) is 4.98 Å². The smallest absolute Gasteiger partial charge is 0.337 e. The highest BCUT2D eigenvalue weighted by Crippen LogP contribution is 2.21. The first-order valence-corrected chi connectivity index (χ1v) is 4.96. The highest BCUT2D eigenvalue weighted by Gasteiger charge is 2.10. The van der Waals surface area contributed by atoms with E-state index in [1.54, 1.807) is 0 Å². The predicted molar refractivity (Wildman–Crippen MR) is 60.8 cm³/mol. The first-order valence-electron chi connectivity index (χ1n) is 4.96. The topological polar surface area (TPSA) is 62.2 Å². The molecule has 0 unspecified atom stereocenters. The molecule has 18 heavy (non-hydrogen) atoms. The molecule has 0 aliphatic heterocycles. The van der Waals surface area contributed by atoms with Crippen LogP contribution in [0.4, 0.5) is 20.2 Å². The van der Waals surface area contributed by atoms with Gasteiger partial charge in [-0.25, -0.2) is 13.6 Å². The number of carboxylic acid groups (broad SMARTS) is 1. The number of aromatic nitrogens is 1. The van der Waals surface area contributed by atoms with Gasteiger partial charge < -0.3 is 10.4 Å². The Morgan fingerprint density at radius 1 is 1.22 bits per heavy atom. The Morgan fingerprint density at radius 2 is 1.89 bits per heavy atom. The number of nitrogens with zero attached hydrogens (tertiary/aromatic N) is 1. The van der Waals surface area contributed by atoms with Crippen molar-refractivity contribution in [1.29, 1.82) is 0 Å². The van der Waals surface area contributed by atoms with Gasteiger partial charge in [0.2, 0.25) is 0 Å². The van der Waals surface area contributed by atoms with Crippen LogP contribution in [0.15, 0.2) is 36.7 Å². The minimum Gasteiger partial charge on any atom is -0.478 e. The highest BCUT2D eigenvalue weighted by atomic mass is 19.1. The maximum absolute atomic E-state index is 13.0. The Hall–Kier alpha value is -2.50. The summed E-state index contributed by atoms with van der Waals surface area (Å²) in [5.74, 6) is -2.66. The van der Waals surface area contributed by atoms with Crippen molar-refractivity contribution in [3.8, 4) is 0 Å². The van der Waals surface area contributed by atoms with Crippen molar-refractivity contribution in [2.45, 2.75) is 0 Å². The quantitative estimate of drug-likeness (QED) is 0.879. The zero-order valence-electron chi connectivity index (χ0n) is 9.02. The summed E-state index contributed by atoms with van der Waals surface area (Å²) in [6.07, 6.45) is 2.59. The van der Waals surface area contributed by atoms with Gasteiger partial charge in [-0.2, -0.15) is 0 Å². The van der Waals surface area contributed by atoms with Gasteiger partial charge in [0.25, 0.3) is 0 Å². The molecule has 0 fully saturated rings. The zero-order chi connectivity index (χ0) is 13.1. The summed E-state index contributed by atoms with van der Waals surface area (Å²) < 4.78 is 26.0. The Balaban J connectivity index is 2.37. The molecule has 2 N–H and O–H groups in total. The van der Waals surface area contributed by atoms with Crippen LogP contribution in [0.2, 0.25) is 0 Å². The number of aromatic carboxylic acids is 1. The number of anilines is 2. The second-order valence-corrected chi connectivity index (χ2v) is 3.51. The zero-order valence-corrected chi connectivity index (χ0v) is 9.02. The lowest BCUT2D eigenvalue weighted by Gasteiger charge is -2.08. The molecule has 0 saturated heterocycles. The van der Waals surface area contributed by atoms with E-state index in [1.165, 1.54) is 18.5 Å². The molecular weight excluding hydrogens is 242 g/mol. The van der Waals surface area contributed by atoms with E-state index in [0.29, 0.717) is 0 Å². The van der Waals surface area contributed by atoms with E-state index in [4.69, 9.17) is 5.11 Å². The van der Waals surface area contributed by atoms with Gasteiger partial charge in [0, 0.05) is 18.0 Å². The molecule has 6 heteroatoms. The van der Waals surface area contributed by atoms with Gasteiger partial charge in [-0.15, -0.1) is 0 Å². The molecule has 4 nitrogen and oxygen atoms in total. The average molecular weight is 250 g/mol. The summed E-state index contributed by atoms with van der Waals surface area (Å²) in [7, 11) is 0. The highest BCUT2D eigenvalue weighted by molar-refractivity contribution is 5.94. The summed E-state index contributed by atoms with van der Waals surface area (Å²) in [6.45, 7) is 0. The lowest BCUT2D eigenvalue weighted by Crippen LogP contribution is -2.03. The normalized spacial score (nSPS) is 10.1. The number of carboxylic acids is 1. The Bertz CT molecular complexity index is 582. The SMILES string of the molecule is O=C(O)c1ccncc1Nc1cc(F)cc(F)c1. The fourth-order valence-corrected chi connectivity index (χ4v) is 1.46. The Kier molecular flexibility index (Phi) is 3.18. The fraction of sp³-hybridized carbons (Fsp3) is 0. The molecule has 0 amide bonds. The van der Waals surface area contributed by atoms with Crippen molar-refractivity contribution in [3.63, 3.8) is 0 Å². The van der Waals surface area contributed by atoms with Crippen molar-refractivity contribution in [3.05, 3.63) is 53.9 Å². The van der Waals surface area contributed by atoms with E-state index in [2.05, 4.69) is 10.3 Å². The van der Waals surface area contributed by atoms with E-state index in [1.807, 2.05) is 0 Å². The minimum absolute atomic E-state index is 0.0327. The third kappa shape index (κ3) is 2.60. The monoisotopic (exact) mass is 250 g/mol. The number of pyridine rings is 1. The Labute approximate surface area is 101 Å². The summed E-state index contributed by atoms with van der Waals surface area (Å²) in [5.41, 5.74) is 0.243. The maximum atomic E-state index is 13.0. The molecule has 2 aromatic rings. The van der Waals surface area contributed by atoms with E-state index in [0.717, 1.165) is 18.2 Å². The number of nitrogens with one attached hydrogen (secondary N) is 1. The van der Waals surface area contributed by atoms with Crippen molar-refractivity contribution >= 4 is 17.3 Å². The van der Waals surface area contributed by atoms with Crippen LogP contribution in [0.5, 0.6) is 0 Å². The summed E-state index contributed by atoms with van der Waals surface area (Å²) in [5, 5.41) is 11.5. The molecule has 1 aromatic carbocycles. The molecule has 1 heterocycles. The van der Waals surface area contributed by atoms with Crippen molar-refractivity contribution in [2.24, 2.45) is 0 Å². The van der Waals surface area contributed by atoms with Gasteiger partial charge in [-0.1, -0.05) is 0 Å². The number of carbonyl (C=O) groups is 1. The standard InChI is InChI=1S/C12H8F2N2O2/c13-7-3-8(14)5-9(4-7)16-11-6-15-2-1-10(11)12(17)18/h1-6,16H,(H,17,18). The molecule has 0 spiro atoms. The van der Waals surface area contributed by atoms with Crippen LogP contribution in [0.1, 0.15) is 10.4 Å². The number of benzene rings is 1. The first kappa shape index (κ1) is 12.0. The third-order valence-corrected chi connectivity index (χ3v) is 2.19. The number of hydrogen-bond acceptors (Lipinski definition) is 3. The number of halogens is 2. The molecule has 0 saturated carbocycles. The molecular formula is C12H8F2N2O2. The van der Waals surface area contributed by atoms with Gasteiger partial charge in [0.05, 0.1) is 17.4 Å². The lowest BCUT2D eigenvalue weighted by atomic mass is 10.2. The van der Waals surface area contributed by atoms with E-state index in [-0.39, 0.29) is 16.9 Å². The van der Waals surface area contributed by atoms with Crippen LogP contribution in [-0.2, 0) is 0 Å². The summed E-state index contributed by atoms with van der Waals surface area (Å²) in [6, 6.07) is 4.14. The van der Waals surface area contributed by atoms with Crippen LogP contribution >= 0.6 is 0 Å². The van der Waals surface area contributed by atoms with E-state index >= 15 is 0 Å². The lowest BCUT2D eigenvalue weighted by molar-refractivity contribution is 0.0698. The molecule has 0 aliphatic rings. The maximum Gasteiger partial charge on any atom is 0.337 e. The molecule has 0 bridgehead atoms. The van der Waals surface area contributed by atoms with Gasteiger partial charge in [0.15, 0.2) is 0 Å². The molecule has 92 valence electrons. The molecule has 0 atom stereocenters. The van der Waals surface area contributed by atoms with Gasteiger partial charge in [-0.05, 0) is 18.2 Å². The van der Waals surface area contributed by atoms with Crippen LogP contribution in [0.25, 0.3) is 0 Å². The van der Waals surface area contributed by atoms with Gasteiger partial charge >= 0.3 is 5.97 Å². The number of rotatable bonds is 3. The van der Waals surface area contributed by atoms with Crippen LogP contribution < -0.4 is 5.32 Å². The predicted octanol–water partition coefficient (Wildman–Crippen LogP) is 2.80. The van der Waals surface area contributed by atoms with Crippen LogP contribution in [-0.4, -0.2) is 16.1 Å². The van der Waals surface area contributed by atoms with Crippen molar-refractivity contribution < 1.29 is 18.7 Å². The van der Waals surface area contributed by atoms with Crippen LogP contribution in [0.3, 0.4) is 0 Å². The number of hydrogen-bond donors (Lipinski definition) is 2. The largest absolute Gasteiger partial charge is 0.478 e. The molecule has 1 aromatic heterocycles. The first-order chi connectivity index (χ1) is 8.56. The Morgan fingerprint density at radius 3 is 2.50 bits per heavy atom. The molecule has 2 rings (SSSR count). The van der Waals surface area contributed by atoms with Crippen molar-refractivity contribution in [2.75, 3.05) is 5.32 Å². The molecule has 0 aliphatic carbocycles. The minimum atomic E-state index is -1.16. The van der Waals surface area contributed by atoms with Gasteiger partial charge in [0.1, 0.15) is 11.6 Å².